The van der Waals surface area contributed by atoms with Gasteiger partial charge >= 0.3 is 0 Å². The van der Waals surface area contributed by atoms with Crippen LogP contribution in [0.25, 0.3) is 0 Å². The molecule has 1 aliphatic rings. The molecular formula is C14H15BrN2O2. The van der Waals surface area contributed by atoms with Gasteiger partial charge in [0, 0.05) is 4.47 Å². The summed E-state index contributed by atoms with van der Waals surface area (Å²) in [6, 6.07) is 7.35. The predicted octanol–water partition coefficient (Wildman–Crippen LogP) is 3.04. The first-order chi connectivity index (χ1) is 9.13. The van der Waals surface area contributed by atoms with Crippen molar-refractivity contribution in [1.82, 2.24) is 5.43 Å². The summed E-state index contributed by atoms with van der Waals surface area (Å²) in [4.78, 5) is 11.6. The van der Waals surface area contributed by atoms with Gasteiger partial charge in [-0.2, -0.15) is 5.10 Å². The van der Waals surface area contributed by atoms with E-state index < -0.39 is 0 Å². The minimum absolute atomic E-state index is 0.0457. The normalized spacial score (nSPS) is 16.3. The van der Waals surface area contributed by atoms with Crippen molar-refractivity contribution in [3.05, 3.63) is 40.4 Å². The van der Waals surface area contributed by atoms with Crippen LogP contribution in [0, 0.1) is 0 Å². The summed E-state index contributed by atoms with van der Waals surface area (Å²) in [5.41, 5.74) is 4.70. The van der Waals surface area contributed by atoms with Gasteiger partial charge in [-0.25, -0.2) is 5.43 Å². The van der Waals surface area contributed by atoms with Gasteiger partial charge < -0.3 is 4.74 Å². The number of amides is 1. The van der Waals surface area contributed by atoms with Crippen molar-refractivity contribution in [2.75, 3.05) is 6.61 Å². The van der Waals surface area contributed by atoms with Crippen LogP contribution in [-0.2, 0) is 4.79 Å². The molecule has 5 heteroatoms. The quantitative estimate of drug-likeness (QED) is 0.866. The molecule has 1 aromatic rings. The smallest absolute Gasteiger partial charge is 0.277 e. The third-order valence-corrected chi connectivity index (χ3v) is 3.17. The number of rotatable bonds is 4. The molecule has 0 bridgehead atoms. The van der Waals surface area contributed by atoms with Crippen LogP contribution in [0.15, 0.2) is 45.5 Å². The fourth-order valence-electron chi connectivity index (χ4n) is 1.71. The SMILES string of the molecule is CC1=CC(=NNC(=O)COc2cccc(Br)c2)CC1. The Bertz CT molecular complexity index is 538. The molecule has 1 amide bonds. The van der Waals surface area contributed by atoms with E-state index in [1.165, 1.54) is 5.57 Å². The first kappa shape index (κ1) is 13.8. The summed E-state index contributed by atoms with van der Waals surface area (Å²) in [6.45, 7) is 2.01. The summed E-state index contributed by atoms with van der Waals surface area (Å²) in [5.74, 6) is 0.388. The van der Waals surface area contributed by atoms with Crippen LogP contribution in [0.4, 0.5) is 0 Å². The summed E-state index contributed by atoms with van der Waals surface area (Å²) < 4.78 is 6.27. The molecule has 19 heavy (non-hydrogen) atoms. The van der Waals surface area contributed by atoms with Crippen LogP contribution in [0.2, 0.25) is 0 Å². The van der Waals surface area contributed by atoms with Crippen LogP contribution in [0.3, 0.4) is 0 Å². The van der Waals surface area contributed by atoms with Gasteiger partial charge in [-0.15, -0.1) is 0 Å². The average molecular weight is 323 g/mol. The van der Waals surface area contributed by atoms with E-state index in [-0.39, 0.29) is 12.5 Å². The molecular weight excluding hydrogens is 308 g/mol. The fourth-order valence-corrected chi connectivity index (χ4v) is 2.09. The highest BCUT2D eigenvalue weighted by Crippen LogP contribution is 2.17. The van der Waals surface area contributed by atoms with Crippen LogP contribution < -0.4 is 10.2 Å². The molecule has 0 aliphatic heterocycles. The lowest BCUT2D eigenvalue weighted by Gasteiger charge is -2.05. The van der Waals surface area contributed by atoms with Crippen molar-refractivity contribution in [3.63, 3.8) is 0 Å². The lowest BCUT2D eigenvalue weighted by atomic mass is 10.3. The van der Waals surface area contributed by atoms with E-state index in [1.807, 2.05) is 24.3 Å². The number of hydrazone groups is 1. The second-order valence-electron chi connectivity index (χ2n) is 4.37. The Morgan fingerprint density at radius 1 is 1.47 bits per heavy atom. The molecule has 0 saturated carbocycles. The van der Waals surface area contributed by atoms with Crippen molar-refractivity contribution in [2.45, 2.75) is 19.8 Å². The number of benzene rings is 1. The Hall–Kier alpha value is -1.62. The maximum atomic E-state index is 11.6. The molecule has 0 radical (unpaired) electrons. The lowest BCUT2D eigenvalue weighted by Crippen LogP contribution is -2.25. The molecule has 1 N–H and O–H groups in total. The van der Waals surface area contributed by atoms with Gasteiger partial charge in [0.05, 0.1) is 5.71 Å². The van der Waals surface area contributed by atoms with Crippen LogP contribution >= 0.6 is 15.9 Å². The second-order valence-corrected chi connectivity index (χ2v) is 5.29. The van der Waals surface area contributed by atoms with E-state index in [4.69, 9.17) is 4.74 Å². The van der Waals surface area contributed by atoms with Gasteiger partial charge in [0.25, 0.3) is 5.91 Å². The van der Waals surface area contributed by atoms with Crippen molar-refractivity contribution in [1.29, 1.82) is 0 Å². The van der Waals surface area contributed by atoms with Crippen molar-refractivity contribution in [3.8, 4) is 5.75 Å². The largest absolute Gasteiger partial charge is 0.484 e. The molecule has 0 aromatic heterocycles. The summed E-state index contributed by atoms with van der Waals surface area (Å²) in [6.07, 6.45) is 3.90. The van der Waals surface area contributed by atoms with Gasteiger partial charge in [0.2, 0.25) is 0 Å². The molecule has 0 spiro atoms. The number of ether oxygens (including phenoxy) is 1. The molecule has 0 saturated heterocycles. The minimum Gasteiger partial charge on any atom is -0.484 e. The third-order valence-electron chi connectivity index (χ3n) is 2.68. The maximum Gasteiger partial charge on any atom is 0.277 e. The number of nitrogens with zero attached hydrogens (tertiary/aromatic N) is 1. The van der Waals surface area contributed by atoms with E-state index in [9.17, 15) is 4.79 Å². The van der Waals surface area contributed by atoms with Crippen molar-refractivity contribution in [2.24, 2.45) is 5.10 Å². The zero-order valence-electron chi connectivity index (χ0n) is 10.6. The monoisotopic (exact) mass is 322 g/mol. The average Bonchev–Trinajstić information content (AvgIpc) is 2.80. The van der Waals surface area contributed by atoms with E-state index in [1.54, 1.807) is 6.07 Å². The first-order valence-corrected chi connectivity index (χ1v) is 6.84. The number of carbonyl (C=O) groups is 1. The zero-order valence-corrected chi connectivity index (χ0v) is 12.2. The lowest BCUT2D eigenvalue weighted by molar-refractivity contribution is -0.123. The van der Waals surface area contributed by atoms with Crippen LogP contribution in [0.5, 0.6) is 5.75 Å². The number of halogens is 1. The molecule has 0 fully saturated rings. The predicted molar refractivity (Wildman–Crippen MR) is 78.2 cm³/mol. The highest BCUT2D eigenvalue weighted by Gasteiger charge is 2.07. The fraction of sp³-hybridized carbons (Fsp3) is 0.286. The third kappa shape index (κ3) is 4.52. The molecule has 0 heterocycles. The van der Waals surface area contributed by atoms with Crippen LogP contribution in [-0.4, -0.2) is 18.2 Å². The van der Waals surface area contributed by atoms with Gasteiger partial charge in [-0.1, -0.05) is 27.6 Å². The van der Waals surface area contributed by atoms with Crippen LogP contribution in [0.1, 0.15) is 19.8 Å². The second kappa shape index (κ2) is 6.52. The maximum absolute atomic E-state index is 11.6. The molecule has 1 aromatic carbocycles. The molecule has 4 nitrogen and oxygen atoms in total. The van der Waals surface area contributed by atoms with E-state index in [0.717, 1.165) is 23.0 Å². The Morgan fingerprint density at radius 2 is 2.32 bits per heavy atom. The number of carbonyl (C=O) groups excluding carboxylic acids is 1. The summed E-state index contributed by atoms with van der Waals surface area (Å²) >= 11 is 3.34. The van der Waals surface area contributed by atoms with Gasteiger partial charge in [-0.3, -0.25) is 4.79 Å². The number of nitrogens with one attached hydrogen (secondary N) is 1. The van der Waals surface area contributed by atoms with Crippen molar-refractivity contribution >= 4 is 27.5 Å². The summed E-state index contributed by atoms with van der Waals surface area (Å²) in [7, 11) is 0. The topological polar surface area (TPSA) is 50.7 Å². The summed E-state index contributed by atoms with van der Waals surface area (Å²) in [5, 5.41) is 4.05. The van der Waals surface area contributed by atoms with Gasteiger partial charge in [-0.05, 0) is 44.0 Å². The Labute approximate surface area is 120 Å². The standard InChI is InChI=1S/C14H15BrN2O2/c1-10-5-6-12(7-10)16-17-14(18)9-19-13-4-2-3-11(15)8-13/h2-4,7-8H,5-6,9H2,1H3,(H,17,18). The number of allylic oxidation sites excluding steroid dienone is 2. The van der Waals surface area contributed by atoms with Gasteiger partial charge in [0.15, 0.2) is 6.61 Å². The number of hydrogen-bond donors (Lipinski definition) is 1. The minimum atomic E-state index is -0.259. The molecule has 1 aliphatic carbocycles. The molecule has 100 valence electrons. The highest BCUT2D eigenvalue weighted by atomic mass is 79.9. The number of hydrogen-bond acceptors (Lipinski definition) is 3. The Balaban J connectivity index is 1.79. The van der Waals surface area contributed by atoms with Crippen molar-refractivity contribution < 1.29 is 9.53 Å². The van der Waals surface area contributed by atoms with E-state index in [0.29, 0.717) is 5.75 Å². The first-order valence-electron chi connectivity index (χ1n) is 6.04. The van der Waals surface area contributed by atoms with Gasteiger partial charge in [0.1, 0.15) is 5.75 Å². The van der Waals surface area contributed by atoms with E-state index in [2.05, 4.69) is 33.4 Å². The molecule has 2 rings (SSSR count). The molecule has 0 atom stereocenters. The van der Waals surface area contributed by atoms with E-state index >= 15 is 0 Å². The zero-order chi connectivity index (χ0) is 13.7. The molecule has 0 unspecified atom stereocenters. The Morgan fingerprint density at radius 3 is 3.00 bits per heavy atom. The highest BCUT2D eigenvalue weighted by molar-refractivity contribution is 9.10. The Kier molecular flexibility index (Phi) is 4.74.